The highest BCUT2D eigenvalue weighted by molar-refractivity contribution is 7.89. The van der Waals surface area contributed by atoms with Crippen molar-refractivity contribution in [2.45, 2.75) is 23.3 Å². The number of hydrogen-bond donors (Lipinski definition) is 2. The molecule has 0 aromatic heterocycles. The molecule has 4 nitrogen and oxygen atoms in total. The highest BCUT2D eigenvalue weighted by Gasteiger charge is 2.36. The molecule has 16 heavy (non-hydrogen) atoms. The van der Waals surface area contributed by atoms with Crippen LogP contribution >= 0.6 is 0 Å². The third-order valence-electron chi connectivity index (χ3n) is 3.05. The first-order valence-electron chi connectivity index (χ1n) is 5.29. The Morgan fingerprint density at radius 1 is 1.19 bits per heavy atom. The third kappa shape index (κ3) is 2.11. The summed E-state index contributed by atoms with van der Waals surface area (Å²) in [4.78, 5) is 0.320. The van der Waals surface area contributed by atoms with Crippen molar-refractivity contribution in [3.63, 3.8) is 0 Å². The highest BCUT2D eigenvalue weighted by Crippen LogP contribution is 2.40. The fraction of sp³-hybridized carbons (Fsp3) is 0.455. The number of hydrogen-bond acceptors (Lipinski definition) is 3. The van der Waals surface area contributed by atoms with E-state index < -0.39 is 10.0 Å². The predicted molar refractivity (Wildman–Crippen MR) is 62.9 cm³/mol. The highest BCUT2D eigenvalue weighted by atomic mass is 32.2. The minimum absolute atomic E-state index is 0.320. The van der Waals surface area contributed by atoms with Gasteiger partial charge in [-0.05, 0) is 38.2 Å². The maximum absolute atomic E-state index is 11.5. The summed E-state index contributed by atoms with van der Waals surface area (Å²) < 4.78 is 25.3. The van der Waals surface area contributed by atoms with E-state index in [1.807, 2.05) is 19.2 Å². The molecule has 1 aromatic carbocycles. The molecule has 5 heteroatoms. The molecule has 0 radical (unpaired) electrons. The Kier molecular flexibility index (Phi) is 3.01. The van der Waals surface area contributed by atoms with E-state index in [0.29, 0.717) is 16.9 Å². The van der Waals surface area contributed by atoms with Crippen molar-refractivity contribution < 1.29 is 8.42 Å². The van der Waals surface area contributed by atoms with Crippen LogP contribution in [-0.4, -0.2) is 28.6 Å². The number of likely N-dealkylation sites (N-methyl/N-ethyl adjacent to an activating group) is 1. The molecule has 2 unspecified atom stereocenters. The molecule has 1 aliphatic rings. The molecule has 0 bridgehead atoms. The van der Waals surface area contributed by atoms with Crippen LogP contribution in [0, 0.1) is 0 Å². The Morgan fingerprint density at radius 3 is 2.25 bits per heavy atom. The Balaban J connectivity index is 2.18. The Bertz CT molecular complexity index is 467. The summed E-state index contributed by atoms with van der Waals surface area (Å²) in [7, 11) is 0.0618. The van der Waals surface area contributed by atoms with Gasteiger partial charge in [0.15, 0.2) is 0 Å². The number of nitrogens with one attached hydrogen (secondary N) is 2. The number of sulfonamides is 1. The van der Waals surface area contributed by atoms with Crippen molar-refractivity contribution in [3.05, 3.63) is 29.8 Å². The second-order valence-electron chi connectivity index (χ2n) is 4.01. The van der Waals surface area contributed by atoms with Gasteiger partial charge in [-0.3, -0.25) is 0 Å². The van der Waals surface area contributed by atoms with E-state index in [0.717, 1.165) is 6.42 Å². The summed E-state index contributed by atoms with van der Waals surface area (Å²) in [5.41, 5.74) is 1.20. The van der Waals surface area contributed by atoms with Crippen LogP contribution in [0.25, 0.3) is 0 Å². The Morgan fingerprint density at radius 2 is 1.81 bits per heavy atom. The van der Waals surface area contributed by atoms with Gasteiger partial charge < -0.3 is 5.32 Å². The van der Waals surface area contributed by atoms with Gasteiger partial charge in [0.1, 0.15) is 0 Å². The summed E-state index contributed by atoms with van der Waals surface area (Å²) in [5, 5.41) is 3.21. The molecule has 0 amide bonds. The lowest BCUT2D eigenvalue weighted by Crippen LogP contribution is -2.18. The molecule has 1 aromatic rings. The first kappa shape index (κ1) is 11.6. The van der Waals surface area contributed by atoms with Crippen molar-refractivity contribution in [1.82, 2.24) is 10.0 Å². The molecule has 2 N–H and O–H groups in total. The zero-order chi connectivity index (χ0) is 11.8. The van der Waals surface area contributed by atoms with Crippen molar-refractivity contribution in [2.24, 2.45) is 0 Å². The first-order chi connectivity index (χ1) is 7.58. The summed E-state index contributed by atoms with van der Waals surface area (Å²) in [6.45, 7) is 0. The summed E-state index contributed by atoms with van der Waals surface area (Å²) in [6, 6.07) is 7.66. The van der Waals surface area contributed by atoms with E-state index in [4.69, 9.17) is 0 Å². The number of benzene rings is 1. The smallest absolute Gasteiger partial charge is 0.240 e. The van der Waals surface area contributed by atoms with Gasteiger partial charge in [0.05, 0.1) is 4.90 Å². The zero-order valence-electron chi connectivity index (χ0n) is 9.40. The lowest BCUT2D eigenvalue weighted by atomic mass is 10.1. The molecule has 2 rings (SSSR count). The molecular formula is C11H16N2O2S. The molecule has 0 heterocycles. The van der Waals surface area contributed by atoms with E-state index in [9.17, 15) is 8.42 Å². The Labute approximate surface area is 96.1 Å². The van der Waals surface area contributed by atoms with Crippen molar-refractivity contribution >= 4 is 10.0 Å². The maximum Gasteiger partial charge on any atom is 0.240 e. The normalized spacial score (nSPS) is 24.4. The SMILES string of the molecule is CNC1CC1c1ccc(S(=O)(=O)NC)cc1. The molecular weight excluding hydrogens is 224 g/mol. The van der Waals surface area contributed by atoms with Crippen LogP contribution in [0.5, 0.6) is 0 Å². The van der Waals surface area contributed by atoms with E-state index in [1.54, 1.807) is 12.1 Å². The first-order valence-corrected chi connectivity index (χ1v) is 6.77. The van der Waals surface area contributed by atoms with E-state index in [1.165, 1.54) is 12.6 Å². The van der Waals surface area contributed by atoms with Gasteiger partial charge in [0.25, 0.3) is 0 Å². The minimum atomic E-state index is -3.30. The van der Waals surface area contributed by atoms with Crippen molar-refractivity contribution in [2.75, 3.05) is 14.1 Å². The summed E-state index contributed by atoms with van der Waals surface area (Å²) in [6.07, 6.45) is 1.13. The molecule has 0 spiro atoms. The minimum Gasteiger partial charge on any atom is -0.316 e. The maximum atomic E-state index is 11.5. The van der Waals surface area contributed by atoms with Crippen molar-refractivity contribution in [1.29, 1.82) is 0 Å². The molecule has 1 saturated carbocycles. The predicted octanol–water partition coefficient (Wildman–Crippen LogP) is 0.670. The fourth-order valence-corrected chi connectivity index (χ4v) is 2.62. The van der Waals surface area contributed by atoms with E-state index in [-0.39, 0.29) is 0 Å². The van der Waals surface area contributed by atoms with Crippen LogP contribution in [-0.2, 0) is 10.0 Å². The van der Waals surface area contributed by atoms with Gasteiger partial charge in [-0.2, -0.15) is 0 Å². The van der Waals surface area contributed by atoms with Gasteiger partial charge >= 0.3 is 0 Å². The van der Waals surface area contributed by atoms with Crippen LogP contribution in [0.3, 0.4) is 0 Å². The van der Waals surface area contributed by atoms with Crippen molar-refractivity contribution in [3.8, 4) is 0 Å². The number of rotatable bonds is 4. The second-order valence-corrected chi connectivity index (χ2v) is 5.90. The van der Waals surface area contributed by atoms with Crippen LogP contribution in [0.1, 0.15) is 17.9 Å². The fourth-order valence-electron chi connectivity index (χ4n) is 1.89. The molecule has 1 fully saturated rings. The van der Waals surface area contributed by atoms with Gasteiger partial charge in [0, 0.05) is 12.0 Å². The lowest BCUT2D eigenvalue weighted by molar-refractivity contribution is 0.588. The molecule has 0 aliphatic heterocycles. The van der Waals surface area contributed by atoms with Crippen LogP contribution in [0.4, 0.5) is 0 Å². The second kappa shape index (κ2) is 4.16. The average molecular weight is 240 g/mol. The largest absolute Gasteiger partial charge is 0.316 e. The molecule has 88 valence electrons. The lowest BCUT2D eigenvalue weighted by Gasteiger charge is -2.04. The molecule has 1 aliphatic carbocycles. The van der Waals surface area contributed by atoms with Gasteiger partial charge in [-0.25, -0.2) is 13.1 Å². The van der Waals surface area contributed by atoms with E-state index >= 15 is 0 Å². The monoisotopic (exact) mass is 240 g/mol. The van der Waals surface area contributed by atoms with Gasteiger partial charge in [0.2, 0.25) is 10.0 Å². The third-order valence-corrected chi connectivity index (χ3v) is 4.48. The van der Waals surface area contributed by atoms with Gasteiger partial charge in [-0.1, -0.05) is 12.1 Å². The van der Waals surface area contributed by atoms with Crippen LogP contribution in [0.2, 0.25) is 0 Å². The van der Waals surface area contributed by atoms with E-state index in [2.05, 4.69) is 10.0 Å². The Hall–Kier alpha value is -0.910. The van der Waals surface area contributed by atoms with Gasteiger partial charge in [-0.15, -0.1) is 0 Å². The van der Waals surface area contributed by atoms with Crippen LogP contribution < -0.4 is 10.0 Å². The average Bonchev–Trinajstić information content (AvgIpc) is 3.08. The van der Waals surface area contributed by atoms with Crippen LogP contribution in [0.15, 0.2) is 29.2 Å². The summed E-state index contributed by atoms with van der Waals surface area (Å²) in [5.74, 6) is 0.538. The standard InChI is InChI=1S/C11H16N2O2S/c1-12-11-7-10(11)8-3-5-9(6-4-8)16(14,15)13-2/h3-6,10-13H,7H2,1-2H3. The zero-order valence-corrected chi connectivity index (χ0v) is 10.2. The topological polar surface area (TPSA) is 58.2 Å². The summed E-state index contributed by atoms with van der Waals surface area (Å²) >= 11 is 0. The molecule has 0 saturated heterocycles. The molecule has 2 atom stereocenters. The quantitative estimate of drug-likeness (QED) is 0.813.